The highest BCUT2D eigenvalue weighted by atomic mass is 19.1. The van der Waals surface area contributed by atoms with Crippen LogP contribution in [0.4, 0.5) is 9.18 Å². The Balaban J connectivity index is 1.61. The van der Waals surface area contributed by atoms with E-state index in [-0.39, 0.29) is 49.1 Å². The summed E-state index contributed by atoms with van der Waals surface area (Å²) in [6.07, 6.45) is 0.810. The number of halogens is 1. The number of amides is 1. The number of carbonyl (C=O) groups is 2. The number of rotatable bonds is 3. The second-order valence-electron chi connectivity index (χ2n) is 10.8. The Morgan fingerprint density at radius 1 is 1.24 bits per heavy atom. The number of Topliss-reactive ketones (excluding diaryl/α,β-unsaturated/α-hetero) is 1. The number of nitrogens with one attached hydrogen (secondary N) is 1. The molecule has 0 saturated carbocycles. The first-order valence-corrected chi connectivity index (χ1v) is 13.2. The molecule has 2 aromatic heterocycles. The average Bonchev–Trinajstić information content (AvgIpc) is 3.24. The topological polar surface area (TPSA) is 111 Å². The molecule has 1 aromatic carbocycles. The molecule has 3 heterocycles. The van der Waals surface area contributed by atoms with Crippen molar-refractivity contribution in [1.29, 1.82) is 0 Å². The van der Waals surface area contributed by atoms with Crippen molar-refractivity contribution in [3.63, 3.8) is 0 Å². The summed E-state index contributed by atoms with van der Waals surface area (Å²) in [6.45, 7) is 7.26. The number of ketones is 1. The lowest BCUT2D eigenvalue weighted by Crippen LogP contribution is -2.43. The van der Waals surface area contributed by atoms with Gasteiger partial charge in [-0.1, -0.05) is 6.92 Å². The normalized spacial score (nSPS) is 21.3. The highest BCUT2D eigenvalue weighted by molar-refractivity contribution is 5.94. The van der Waals surface area contributed by atoms with E-state index in [0.29, 0.717) is 46.4 Å². The third-order valence-corrected chi connectivity index (χ3v) is 8.39. The minimum Gasteiger partial charge on any atom is -0.447 e. The van der Waals surface area contributed by atoms with Crippen LogP contribution in [0.5, 0.6) is 0 Å². The number of ether oxygens (including phenoxy) is 1. The minimum atomic E-state index is -1.72. The largest absolute Gasteiger partial charge is 0.447 e. The second kappa shape index (κ2) is 8.46. The molecule has 3 aromatic rings. The first-order valence-electron chi connectivity index (χ1n) is 13.2. The molecule has 198 valence electrons. The molecule has 2 atom stereocenters. The molecular formula is C29H30FN3O5. The minimum absolute atomic E-state index is 0.109. The van der Waals surface area contributed by atoms with E-state index in [1.54, 1.807) is 38.3 Å². The van der Waals surface area contributed by atoms with Gasteiger partial charge < -0.3 is 19.7 Å². The molecule has 0 saturated heterocycles. The molecule has 0 bridgehead atoms. The van der Waals surface area contributed by atoms with E-state index in [2.05, 4.69) is 5.32 Å². The summed E-state index contributed by atoms with van der Waals surface area (Å²) in [5.41, 5.74) is 3.24. The number of hydrogen-bond donors (Lipinski definition) is 2. The maximum Gasteiger partial charge on any atom is 0.407 e. The maximum atomic E-state index is 15.0. The maximum absolute atomic E-state index is 15.0. The quantitative estimate of drug-likeness (QED) is 0.422. The number of alkyl carbamates (subject to hydrolysis) is 1. The van der Waals surface area contributed by atoms with Crippen LogP contribution in [0, 0.1) is 12.7 Å². The van der Waals surface area contributed by atoms with E-state index in [0.717, 1.165) is 22.1 Å². The van der Waals surface area contributed by atoms with Gasteiger partial charge in [-0.15, -0.1) is 0 Å². The van der Waals surface area contributed by atoms with E-state index >= 15 is 0 Å². The Morgan fingerprint density at radius 3 is 2.71 bits per heavy atom. The van der Waals surface area contributed by atoms with Gasteiger partial charge in [0.05, 0.1) is 35.6 Å². The third-order valence-electron chi connectivity index (χ3n) is 8.39. The number of carbonyl (C=O) groups excluding carboxylic acids is 2. The number of hydrogen-bond acceptors (Lipinski definition) is 6. The lowest BCUT2D eigenvalue weighted by molar-refractivity contribution is -0.140. The van der Waals surface area contributed by atoms with E-state index < -0.39 is 17.7 Å². The van der Waals surface area contributed by atoms with Crippen molar-refractivity contribution in [2.75, 3.05) is 0 Å². The van der Waals surface area contributed by atoms with Crippen molar-refractivity contribution >= 4 is 22.8 Å². The fraction of sp³-hybridized carbons (Fsp3) is 0.448. The molecular weight excluding hydrogens is 489 g/mol. The first-order chi connectivity index (χ1) is 18.0. The predicted molar refractivity (Wildman–Crippen MR) is 139 cm³/mol. The Bertz CT molecular complexity index is 1630. The van der Waals surface area contributed by atoms with Crippen molar-refractivity contribution in [3.8, 4) is 11.4 Å². The van der Waals surface area contributed by atoms with E-state index in [4.69, 9.17) is 9.72 Å². The van der Waals surface area contributed by atoms with Crippen molar-refractivity contribution in [3.05, 3.63) is 61.7 Å². The zero-order chi connectivity index (χ0) is 27.1. The molecule has 38 heavy (non-hydrogen) atoms. The summed E-state index contributed by atoms with van der Waals surface area (Å²) in [4.78, 5) is 43.9. The molecule has 9 heteroatoms. The lowest BCUT2D eigenvalue weighted by atomic mass is 9.77. The van der Waals surface area contributed by atoms with Crippen LogP contribution < -0.4 is 10.9 Å². The van der Waals surface area contributed by atoms with Crippen molar-refractivity contribution in [2.45, 2.75) is 84.1 Å². The summed E-state index contributed by atoms with van der Waals surface area (Å²) < 4.78 is 22.0. The highest BCUT2D eigenvalue weighted by Crippen LogP contribution is 2.46. The fourth-order valence-corrected chi connectivity index (χ4v) is 6.47. The van der Waals surface area contributed by atoms with Crippen LogP contribution in [0.1, 0.15) is 79.5 Å². The van der Waals surface area contributed by atoms with Crippen LogP contribution in [0.25, 0.3) is 22.3 Å². The van der Waals surface area contributed by atoms with E-state index in [1.165, 1.54) is 6.07 Å². The Morgan fingerprint density at radius 2 is 2.00 bits per heavy atom. The zero-order valence-corrected chi connectivity index (χ0v) is 21.9. The smallest absolute Gasteiger partial charge is 0.407 e. The summed E-state index contributed by atoms with van der Waals surface area (Å²) in [7, 11) is 0. The Kier molecular flexibility index (Phi) is 5.51. The number of aryl methyl sites for hydroxylation is 1. The SMILES string of the molecule is CC[C@@]1(O)C(=O)CCc2c1cc1n(c2=O)Cc2c-1nc1cc(F)c(C)c3c1c2[C@@H](NC(=O)OC(C)C)CC3. The standard InChI is InChI=1S/C29H30FN3O5/c1-5-29(37)18-10-22-26-17(12-33(22)27(35)16(18)7-9-23(29)34)25-20(32-28(36)38-13(2)3)8-6-15-14(4)19(30)11-21(31-26)24(15)25/h10-11,13,20,37H,5-9,12H2,1-4H3,(H,32,36)/t20-,29-/m0/s1. The van der Waals surface area contributed by atoms with Crippen molar-refractivity contribution < 1.29 is 23.8 Å². The van der Waals surface area contributed by atoms with Crippen LogP contribution >= 0.6 is 0 Å². The van der Waals surface area contributed by atoms with E-state index in [1.807, 2.05) is 0 Å². The lowest BCUT2D eigenvalue weighted by Gasteiger charge is -2.32. The number of aliphatic hydroxyl groups is 1. The van der Waals surface area contributed by atoms with Crippen LogP contribution in [-0.2, 0) is 34.5 Å². The number of nitrogens with zero attached hydrogens (tertiary/aromatic N) is 2. The second-order valence-corrected chi connectivity index (χ2v) is 10.8. The van der Waals surface area contributed by atoms with Gasteiger partial charge in [0.15, 0.2) is 5.78 Å². The molecule has 1 amide bonds. The zero-order valence-electron chi connectivity index (χ0n) is 21.9. The summed E-state index contributed by atoms with van der Waals surface area (Å²) in [5.74, 6) is -0.657. The van der Waals surface area contributed by atoms with Gasteiger partial charge >= 0.3 is 6.09 Å². The molecule has 0 unspecified atom stereocenters. The molecule has 0 radical (unpaired) electrons. The number of fused-ring (bicyclic) bond motifs is 5. The highest BCUT2D eigenvalue weighted by Gasteiger charge is 2.44. The molecule has 3 aliphatic rings. The Labute approximate surface area is 218 Å². The number of benzene rings is 1. The predicted octanol–water partition coefficient (Wildman–Crippen LogP) is 4.11. The third kappa shape index (κ3) is 3.37. The van der Waals surface area contributed by atoms with Gasteiger partial charge in [-0.25, -0.2) is 14.2 Å². The molecule has 0 fully saturated rings. The van der Waals surface area contributed by atoms with Gasteiger partial charge in [0.25, 0.3) is 5.56 Å². The van der Waals surface area contributed by atoms with Gasteiger partial charge in [-0.2, -0.15) is 0 Å². The van der Waals surface area contributed by atoms with Crippen molar-refractivity contribution in [1.82, 2.24) is 14.9 Å². The number of aromatic nitrogens is 2. The molecule has 1 aliphatic heterocycles. The van der Waals surface area contributed by atoms with Gasteiger partial charge in [0.2, 0.25) is 0 Å². The van der Waals surface area contributed by atoms with Crippen LogP contribution in [-0.4, -0.2) is 32.6 Å². The molecule has 2 N–H and O–H groups in total. The van der Waals surface area contributed by atoms with E-state index in [9.17, 15) is 23.9 Å². The first kappa shape index (κ1) is 24.7. The van der Waals surface area contributed by atoms with Crippen LogP contribution in [0.2, 0.25) is 0 Å². The van der Waals surface area contributed by atoms with Gasteiger partial charge in [0, 0.05) is 34.6 Å². The van der Waals surface area contributed by atoms with Crippen LogP contribution in [0.3, 0.4) is 0 Å². The summed E-state index contributed by atoms with van der Waals surface area (Å²) in [6, 6.07) is 2.70. The molecule has 2 aliphatic carbocycles. The fourth-order valence-electron chi connectivity index (χ4n) is 6.47. The monoisotopic (exact) mass is 519 g/mol. The summed E-state index contributed by atoms with van der Waals surface area (Å²) in [5, 5.41) is 15.1. The van der Waals surface area contributed by atoms with Gasteiger partial charge in [-0.05, 0) is 69.2 Å². The van der Waals surface area contributed by atoms with Crippen molar-refractivity contribution in [2.24, 2.45) is 0 Å². The van der Waals surface area contributed by atoms with Gasteiger partial charge in [-0.3, -0.25) is 9.59 Å². The molecule has 0 spiro atoms. The Hall–Kier alpha value is -3.59. The van der Waals surface area contributed by atoms with Crippen LogP contribution in [0.15, 0.2) is 16.9 Å². The summed E-state index contributed by atoms with van der Waals surface area (Å²) >= 11 is 0. The van der Waals surface area contributed by atoms with Gasteiger partial charge in [0.1, 0.15) is 11.4 Å². The average molecular weight is 520 g/mol. The molecule has 8 nitrogen and oxygen atoms in total. The number of pyridine rings is 2. The molecule has 6 rings (SSSR count).